The number of hydrogen-bond donors (Lipinski definition) is 1. The molecule has 1 N–H and O–H groups in total. The molecule has 16 heavy (non-hydrogen) atoms. The molecule has 1 aromatic rings. The molecular formula is C12H21N3S. The molecule has 0 aliphatic heterocycles. The van der Waals surface area contributed by atoms with Crippen LogP contribution in [-0.2, 0) is 0 Å². The molecule has 1 rings (SSSR count). The Hall–Kier alpha value is -0.770. The SMILES string of the molecule is CSC(C)CNc1nc(C)cc(C(C)C)n1. The number of nitrogens with one attached hydrogen (secondary N) is 1. The monoisotopic (exact) mass is 239 g/mol. The first kappa shape index (κ1) is 13.3. The van der Waals surface area contributed by atoms with Crippen LogP contribution in [0.25, 0.3) is 0 Å². The molecule has 0 bridgehead atoms. The van der Waals surface area contributed by atoms with E-state index >= 15 is 0 Å². The van der Waals surface area contributed by atoms with Gasteiger partial charge in [-0.2, -0.15) is 11.8 Å². The molecule has 0 radical (unpaired) electrons. The molecule has 1 unspecified atom stereocenters. The maximum Gasteiger partial charge on any atom is 0.223 e. The summed E-state index contributed by atoms with van der Waals surface area (Å²) in [5, 5.41) is 3.86. The Bertz CT molecular complexity index is 339. The molecule has 0 saturated carbocycles. The molecule has 0 fully saturated rings. The van der Waals surface area contributed by atoms with E-state index in [1.54, 1.807) is 0 Å². The van der Waals surface area contributed by atoms with Crippen LogP contribution >= 0.6 is 11.8 Å². The first-order valence-electron chi connectivity index (χ1n) is 5.65. The summed E-state index contributed by atoms with van der Waals surface area (Å²) < 4.78 is 0. The Morgan fingerprint density at radius 1 is 1.31 bits per heavy atom. The van der Waals surface area contributed by atoms with Gasteiger partial charge in [-0.25, -0.2) is 9.97 Å². The summed E-state index contributed by atoms with van der Waals surface area (Å²) in [6, 6.07) is 2.05. The van der Waals surface area contributed by atoms with Gasteiger partial charge in [-0.05, 0) is 25.2 Å². The van der Waals surface area contributed by atoms with Gasteiger partial charge >= 0.3 is 0 Å². The maximum atomic E-state index is 4.51. The van der Waals surface area contributed by atoms with E-state index in [1.165, 1.54) is 0 Å². The Kier molecular flexibility index (Phi) is 5.06. The Morgan fingerprint density at radius 3 is 2.56 bits per heavy atom. The number of nitrogens with zero attached hydrogens (tertiary/aromatic N) is 2. The third-order valence-corrected chi connectivity index (χ3v) is 3.39. The number of anilines is 1. The minimum Gasteiger partial charge on any atom is -0.353 e. The van der Waals surface area contributed by atoms with Crippen molar-refractivity contribution < 1.29 is 0 Å². The highest BCUT2D eigenvalue weighted by atomic mass is 32.2. The van der Waals surface area contributed by atoms with Crippen molar-refractivity contribution in [2.75, 3.05) is 18.1 Å². The second-order valence-corrected chi connectivity index (χ2v) is 5.62. The summed E-state index contributed by atoms with van der Waals surface area (Å²) >= 11 is 1.84. The largest absolute Gasteiger partial charge is 0.353 e. The van der Waals surface area contributed by atoms with E-state index in [9.17, 15) is 0 Å². The Balaban J connectivity index is 2.72. The number of aromatic nitrogens is 2. The molecule has 4 heteroatoms. The standard InChI is InChI=1S/C12H21N3S/c1-8(2)11-6-9(3)14-12(15-11)13-7-10(4)16-5/h6,8,10H,7H2,1-5H3,(H,13,14,15). The zero-order valence-electron chi connectivity index (χ0n) is 10.7. The van der Waals surface area contributed by atoms with E-state index < -0.39 is 0 Å². The van der Waals surface area contributed by atoms with E-state index in [4.69, 9.17) is 0 Å². The van der Waals surface area contributed by atoms with Crippen LogP contribution in [0.5, 0.6) is 0 Å². The van der Waals surface area contributed by atoms with Crippen molar-refractivity contribution in [2.45, 2.75) is 38.9 Å². The molecule has 1 aromatic heterocycles. The zero-order valence-corrected chi connectivity index (χ0v) is 11.6. The molecule has 0 amide bonds. The quantitative estimate of drug-likeness (QED) is 0.857. The number of hydrogen-bond acceptors (Lipinski definition) is 4. The topological polar surface area (TPSA) is 37.8 Å². The van der Waals surface area contributed by atoms with Crippen LogP contribution in [-0.4, -0.2) is 28.0 Å². The predicted octanol–water partition coefficient (Wildman–Crippen LogP) is 3.07. The number of thioether (sulfide) groups is 1. The Labute approximate surface area is 102 Å². The third-order valence-electron chi connectivity index (χ3n) is 2.42. The smallest absolute Gasteiger partial charge is 0.223 e. The molecule has 1 atom stereocenters. The van der Waals surface area contributed by atoms with E-state index in [0.29, 0.717) is 11.2 Å². The molecule has 0 saturated heterocycles. The molecule has 3 nitrogen and oxygen atoms in total. The van der Waals surface area contributed by atoms with Gasteiger partial charge < -0.3 is 5.32 Å². The molecule has 1 heterocycles. The lowest BCUT2D eigenvalue weighted by Gasteiger charge is -2.12. The van der Waals surface area contributed by atoms with Crippen molar-refractivity contribution in [1.82, 2.24) is 9.97 Å². The lowest BCUT2D eigenvalue weighted by Crippen LogP contribution is -2.15. The fraction of sp³-hybridized carbons (Fsp3) is 0.667. The average Bonchev–Trinajstić information content (AvgIpc) is 2.25. The summed E-state index contributed by atoms with van der Waals surface area (Å²) in [6.45, 7) is 9.40. The second kappa shape index (κ2) is 6.09. The highest BCUT2D eigenvalue weighted by Gasteiger charge is 2.06. The van der Waals surface area contributed by atoms with Gasteiger partial charge in [0.05, 0.1) is 0 Å². The summed E-state index contributed by atoms with van der Waals surface area (Å²) in [5.41, 5.74) is 2.13. The van der Waals surface area contributed by atoms with Crippen LogP contribution in [0.3, 0.4) is 0 Å². The van der Waals surface area contributed by atoms with Gasteiger partial charge in [-0.1, -0.05) is 20.8 Å². The fourth-order valence-electron chi connectivity index (χ4n) is 1.29. The van der Waals surface area contributed by atoms with E-state index in [0.717, 1.165) is 23.9 Å². The molecule has 0 spiro atoms. The summed E-state index contributed by atoms with van der Waals surface area (Å²) in [5.74, 6) is 1.20. The molecule has 0 aliphatic rings. The molecule has 0 aliphatic carbocycles. The van der Waals surface area contributed by atoms with Crippen LogP contribution in [0.15, 0.2) is 6.07 Å². The average molecular weight is 239 g/mol. The van der Waals surface area contributed by atoms with Crippen molar-refractivity contribution in [2.24, 2.45) is 0 Å². The first-order chi connectivity index (χ1) is 7.52. The minimum absolute atomic E-state index is 0.445. The van der Waals surface area contributed by atoms with Crippen LogP contribution in [0.2, 0.25) is 0 Å². The van der Waals surface area contributed by atoms with Gasteiger partial charge in [0, 0.05) is 23.2 Å². The molecule has 0 aromatic carbocycles. The highest BCUT2D eigenvalue weighted by molar-refractivity contribution is 7.99. The van der Waals surface area contributed by atoms with E-state index in [1.807, 2.05) is 24.8 Å². The normalized spacial score (nSPS) is 12.9. The van der Waals surface area contributed by atoms with Crippen molar-refractivity contribution in [3.8, 4) is 0 Å². The first-order valence-corrected chi connectivity index (χ1v) is 6.94. The lowest BCUT2D eigenvalue weighted by atomic mass is 10.1. The van der Waals surface area contributed by atoms with E-state index in [2.05, 4.69) is 42.3 Å². The fourth-order valence-corrected chi connectivity index (χ4v) is 1.54. The zero-order chi connectivity index (χ0) is 12.1. The van der Waals surface area contributed by atoms with Gasteiger partial charge in [0.25, 0.3) is 0 Å². The van der Waals surface area contributed by atoms with Gasteiger partial charge in [0.1, 0.15) is 0 Å². The van der Waals surface area contributed by atoms with Crippen LogP contribution < -0.4 is 5.32 Å². The highest BCUT2D eigenvalue weighted by Crippen LogP contribution is 2.14. The van der Waals surface area contributed by atoms with Gasteiger partial charge in [0.2, 0.25) is 5.95 Å². The molecule has 90 valence electrons. The molecular weight excluding hydrogens is 218 g/mol. The third kappa shape index (κ3) is 4.00. The predicted molar refractivity (Wildman–Crippen MR) is 72.3 cm³/mol. The van der Waals surface area contributed by atoms with Crippen molar-refractivity contribution in [3.05, 3.63) is 17.5 Å². The summed E-state index contributed by atoms with van der Waals surface area (Å²) in [4.78, 5) is 8.90. The summed E-state index contributed by atoms with van der Waals surface area (Å²) in [7, 11) is 0. The van der Waals surface area contributed by atoms with Crippen LogP contribution in [0.4, 0.5) is 5.95 Å². The van der Waals surface area contributed by atoms with Gasteiger partial charge in [-0.15, -0.1) is 0 Å². The summed E-state index contributed by atoms with van der Waals surface area (Å²) in [6.07, 6.45) is 2.11. The van der Waals surface area contributed by atoms with Crippen molar-refractivity contribution in [1.29, 1.82) is 0 Å². The van der Waals surface area contributed by atoms with Gasteiger partial charge in [0.15, 0.2) is 0 Å². The lowest BCUT2D eigenvalue weighted by molar-refractivity contribution is 0.807. The van der Waals surface area contributed by atoms with Gasteiger partial charge in [-0.3, -0.25) is 0 Å². The van der Waals surface area contributed by atoms with Crippen LogP contribution in [0, 0.1) is 6.92 Å². The van der Waals surface area contributed by atoms with Crippen molar-refractivity contribution >= 4 is 17.7 Å². The maximum absolute atomic E-state index is 4.51. The van der Waals surface area contributed by atoms with E-state index in [-0.39, 0.29) is 0 Å². The van der Waals surface area contributed by atoms with Crippen LogP contribution in [0.1, 0.15) is 38.1 Å². The number of aryl methyl sites for hydroxylation is 1. The Morgan fingerprint density at radius 2 is 2.00 bits per heavy atom. The van der Waals surface area contributed by atoms with Crippen molar-refractivity contribution in [3.63, 3.8) is 0 Å². The second-order valence-electron chi connectivity index (χ2n) is 4.34. The number of rotatable bonds is 5. The minimum atomic E-state index is 0.445.